The average Bonchev–Trinajstić information content (AvgIpc) is 3.21. The number of aliphatic hydroxyl groups excluding tert-OH is 1. The van der Waals surface area contributed by atoms with Crippen LogP contribution >= 0.6 is 0 Å². The van der Waals surface area contributed by atoms with Crippen molar-refractivity contribution >= 4 is 26.1 Å². The number of rotatable bonds is 13. The molecule has 0 saturated carbocycles. The van der Waals surface area contributed by atoms with E-state index in [1.807, 2.05) is 58.0 Å². The van der Waals surface area contributed by atoms with Crippen molar-refractivity contribution in [3.63, 3.8) is 0 Å². The molecule has 7 nitrogen and oxygen atoms in total. The minimum atomic E-state index is -1.33. The number of ether oxygens (including phenoxy) is 4. The first-order valence-electron chi connectivity index (χ1n) is 14.6. The summed E-state index contributed by atoms with van der Waals surface area (Å²) in [5.41, 5.74) is 3.71. The molecule has 228 valence electrons. The molecule has 0 amide bonds. The molecule has 1 fully saturated rings. The van der Waals surface area contributed by atoms with Gasteiger partial charge >= 0.3 is 11.9 Å². The minimum Gasteiger partial charge on any atom is -0.462 e. The highest BCUT2D eigenvalue weighted by Gasteiger charge is 2.45. The lowest BCUT2D eigenvalue weighted by molar-refractivity contribution is -0.152. The van der Waals surface area contributed by atoms with Crippen molar-refractivity contribution < 1.29 is 33.6 Å². The van der Waals surface area contributed by atoms with Crippen LogP contribution in [-0.2, 0) is 18.9 Å². The van der Waals surface area contributed by atoms with E-state index in [0.717, 1.165) is 22.7 Å². The van der Waals surface area contributed by atoms with E-state index in [0.29, 0.717) is 30.6 Å². The van der Waals surface area contributed by atoms with Gasteiger partial charge in [0.25, 0.3) is 0 Å². The zero-order chi connectivity index (χ0) is 30.9. The van der Waals surface area contributed by atoms with Crippen molar-refractivity contribution in [2.45, 2.75) is 90.3 Å². The van der Waals surface area contributed by atoms with Crippen LogP contribution in [0.5, 0.6) is 0 Å². The SMILES string of the molecule is Cc1cc(C)c(C(=O)OCC[Si](C)(C)C)c(/C=C/C[C@@H]2OC(C)(C)OC2C(/C=C\CCO)OC(=O)c2ccccc2)c1. The standard InChI is InChI=1S/C34H46O7Si/c1-24-22-25(2)30(33(37)38-20-21-42(5,6)7)27(23-24)16-13-18-29-31(41-34(3,4)40-29)28(17-11-12-19-35)39-32(36)26-14-9-8-10-15-26/h8-11,13-17,22-23,28-29,31,35H,12,18-21H2,1-7H3/b16-13+,17-11-/t28?,29-,31?/m0/s1. The highest BCUT2D eigenvalue weighted by Crippen LogP contribution is 2.34. The van der Waals surface area contributed by atoms with Gasteiger partial charge in [-0.15, -0.1) is 0 Å². The van der Waals surface area contributed by atoms with Gasteiger partial charge in [0.05, 0.1) is 23.8 Å². The van der Waals surface area contributed by atoms with Crippen molar-refractivity contribution in [2.75, 3.05) is 13.2 Å². The fourth-order valence-corrected chi connectivity index (χ4v) is 5.59. The third-order valence-electron chi connectivity index (χ3n) is 6.88. The van der Waals surface area contributed by atoms with Gasteiger partial charge in [0.15, 0.2) is 5.79 Å². The lowest BCUT2D eigenvalue weighted by atomic mass is 9.97. The molecule has 1 N–H and O–H groups in total. The van der Waals surface area contributed by atoms with Crippen molar-refractivity contribution in [2.24, 2.45) is 0 Å². The van der Waals surface area contributed by atoms with Gasteiger partial charge in [0.2, 0.25) is 0 Å². The summed E-state index contributed by atoms with van der Waals surface area (Å²) in [4.78, 5) is 26.1. The predicted octanol–water partition coefficient (Wildman–Crippen LogP) is 6.89. The van der Waals surface area contributed by atoms with Crippen LogP contribution in [-0.4, -0.2) is 62.4 Å². The molecule has 1 aliphatic heterocycles. The molecule has 0 radical (unpaired) electrons. The maximum atomic E-state index is 13.1. The molecule has 3 atom stereocenters. The Morgan fingerprint density at radius 2 is 1.76 bits per heavy atom. The smallest absolute Gasteiger partial charge is 0.338 e. The monoisotopic (exact) mass is 594 g/mol. The second kappa shape index (κ2) is 14.9. The molecule has 42 heavy (non-hydrogen) atoms. The van der Waals surface area contributed by atoms with E-state index in [2.05, 4.69) is 19.6 Å². The number of carbonyl (C=O) groups is 2. The Hall–Kier alpha value is -3.04. The molecule has 1 aliphatic rings. The molecule has 0 aromatic heterocycles. The largest absolute Gasteiger partial charge is 0.462 e. The number of carbonyl (C=O) groups excluding carboxylic acids is 2. The predicted molar refractivity (Wildman–Crippen MR) is 168 cm³/mol. The third-order valence-corrected chi connectivity index (χ3v) is 8.59. The molecular formula is C34H46O7Si. The molecule has 2 aromatic rings. The van der Waals surface area contributed by atoms with E-state index in [1.165, 1.54) is 0 Å². The van der Waals surface area contributed by atoms with Gasteiger partial charge in [-0.1, -0.05) is 73.8 Å². The molecule has 0 spiro atoms. The second-order valence-electron chi connectivity index (χ2n) is 12.4. The van der Waals surface area contributed by atoms with E-state index in [9.17, 15) is 14.7 Å². The highest BCUT2D eigenvalue weighted by atomic mass is 28.3. The maximum absolute atomic E-state index is 13.1. The molecule has 0 aliphatic carbocycles. The Labute approximate surface area is 251 Å². The van der Waals surface area contributed by atoms with Crippen LogP contribution in [0.4, 0.5) is 0 Å². The van der Waals surface area contributed by atoms with Crippen LogP contribution in [0.2, 0.25) is 25.7 Å². The van der Waals surface area contributed by atoms with Crippen molar-refractivity contribution in [1.82, 2.24) is 0 Å². The number of aliphatic hydroxyl groups is 1. The molecule has 2 aromatic carbocycles. The minimum absolute atomic E-state index is 0.0195. The third kappa shape index (κ3) is 10.0. The van der Waals surface area contributed by atoms with Crippen LogP contribution in [0.25, 0.3) is 6.08 Å². The zero-order valence-corrected chi connectivity index (χ0v) is 27.0. The number of benzene rings is 2. The van der Waals surface area contributed by atoms with Crippen LogP contribution < -0.4 is 0 Å². The molecule has 0 bridgehead atoms. The van der Waals surface area contributed by atoms with Crippen LogP contribution in [0.15, 0.2) is 60.7 Å². The first kappa shape index (κ1) is 33.5. The molecular weight excluding hydrogens is 548 g/mol. The zero-order valence-electron chi connectivity index (χ0n) is 26.0. The molecule has 1 saturated heterocycles. The summed E-state index contributed by atoms with van der Waals surface area (Å²) in [5.74, 6) is -1.67. The summed E-state index contributed by atoms with van der Waals surface area (Å²) >= 11 is 0. The quantitative estimate of drug-likeness (QED) is 0.153. The Morgan fingerprint density at radius 1 is 1.05 bits per heavy atom. The van der Waals surface area contributed by atoms with E-state index in [-0.39, 0.29) is 12.6 Å². The van der Waals surface area contributed by atoms with Crippen molar-refractivity contribution in [3.05, 3.63) is 88.5 Å². The van der Waals surface area contributed by atoms with Gasteiger partial charge in [-0.25, -0.2) is 9.59 Å². The summed E-state index contributed by atoms with van der Waals surface area (Å²) in [7, 11) is -1.33. The average molecular weight is 595 g/mol. The summed E-state index contributed by atoms with van der Waals surface area (Å²) in [6.07, 6.45) is 6.54. The summed E-state index contributed by atoms with van der Waals surface area (Å²) in [5, 5.41) is 9.29. The lowest BCUT2D eigenvalue weighted by Crippen LogP contribution is -2.37. The number of aryl methyl sites for hydroxylation is 2. The summed E-state index contributed by atoms with van der Waals surface area (Å²) in [6, 6.07) is 13.7. The molecule has 2 unspecified atom stereocenters. The Morgan fingerprint density at radius 3 is 2.43 bits per heavy atom. The van der Waals surface area contributed by atoms with Crippen molar-refractivity contribution in [3.8, 4) is 0 Å². The van der Waals surface area contributed by atoms with Gasteiger partial charge < -0.3 is 24.1 Å². The number of hydrogen-bond donors (Lipinski definition) is 1. The summed E-state index contributed by atoms with van der Waals surface area (Å²) < 4.78 is 24.1. The number of hydrogen-bond acceptors (Lipinski definition) is 7. The highest BCUT2D eigenvalue weighted by molar-refractivity contribution is 6.76. The van der Waals surface area contributed by atoms with Crippen LogP contribution in [0.3, 0.4) is 0 Å². The number of esters is 2. The van der Waals surface area contributed by atoms with E-state index < -0.39 is 38.1 Å². The Bertz CT molecular complexity index is 1260. The van der Waals surface area contributed by atoms with Crippen LogP contribution in [0.1, 0.15) is 64.1 Å². The van der Waals surface area contributed by atoms with E-state index in [1.54, 1.807) is 36.4 Å². The second-order valence-corrected chi connectivity index (χ2v) is 18.1. The van der Waals surface area contributed by atoms with Gasteiger partial charge in [0.1, 0.15) is 12.2 Å². The topological polar surface area (TPSA) is 91.3 Å². The molecule has 1 heterocycles. The van der Waals surface area contributed by atoms with E-state index >= 15 is 0 Å². The molecule has 3 rings (SSSR count). The Balaban J connectivity index is 1.82. The fourth-order valence-electron chi connectivity index (χ4n) is 4.87. The first-order chi connectivity index (χ1) is 19.8. The fraction of sp³-hybridized carbons (Fsp3) is 0.471. The normalized spacial score (nSPS) is 19.3. The first-order valence-corrected chi connectivity index (χ1v) is 18.3. The maximum Gasteiger partial charge on any atom is 0.338 e. The van der Waals surface area contributed by atoms with Gasteiger partial charge in [-0.05, 0) is 75.9 Å². The van der Waals surface area contributed by atoms with Gasteiger partial charge in [-0.2, -0.15) is 0 Å². The van der Waals surface area contributed by atoms with Crippen LogP contribution in [0, 0.1) is 13.8 Å². The van der Waals surface area contributed by atoms with Gasteiger partial charge in [0, 0.05) is 14.7 Å². The molecule has 8 heteroatoms. The van der Waals surface area contributed by atoms with E-state index in [4.69, 9.17) is 18.9 Å². The Kier molecular flexibility index (Phi) is 11.9. The summed E-state index contributed by atoms with van der Waals surface area (Å²) in [6.45, 7) is 14.8. The van der Waals surface area contributed by atoms with Gasteiger partial charge in [-0.3, -0.25) is 0 Å². The van der Waals surface area contributed by atoms with Crippen molar-refractivity contribution in [1.29, 1.82) is 0 Å². The lowest BCUT2D eigenvalue weighted by Gasteiger charge is -2.24.